The zero-order valence-electron chi connectivity index (χ0n) is 13.7. The van der Waals surface area contributed by atoms with Crippen molar-refractivity contribution in [3.05, 3.63) is 81.3 Å². The molecule has 0 N–H and O–H groups in total. The summed E-state index contributed by atoms with van der Waals surface area (Å²) in [5, 5.41) is -0.0415. The van der Waals surface area contributed by atoms with Crippen molar-refractivity contribution >= 4 is 27.5 Å². The van der Waals surface area contributed by atoms with Crippen molar-refractivity contribution in [1.29, 1.82) is 0 Å². The molecule has 1 radical (unpaired) electrons. The molecule has 0 bridgehead atoms. The Kier molecular flexibility index (Phi) is 5.51. The minimum absolute atomic E-state index is 0.0281. The SMILES string of the molecule is FC(F)(F)c1ccccc1-c1c[c]c(Cl)c(Br)c1-c1ccccc1C(F)(F)F. The lowest BCUT2D eigenvalue weighted by molar-refractivity contribution is -0.138. The second-order valence-corrected chi connectivity index (χ2v) is 6.96. The summed E-state index contributed by atoms with van der Waals surface area (Å²) in [6, 6.07) is 13.1. The van der Waals surface area contributed by atoms with Gasteiger partial charge in [-0.05, 0) is 50.8 Å². The molecule has 0 atom stereocenters. The molecule has 3 rings (SSSR count). The molecule has 145 valence electrons. The third-order valence-electron chi connectivity index (χ3n) is 4.05. The van der Waals surface area contributed by atoms with Crippen LogP contribution in [0.4, 0.5) is 26.3 Å². The molecule has 0 amide bonds. The van der Waals surface area contributed by atoms with E-state index in [-0.39, 0.29) is 31.7 Å². The van der Waals surface area contributed by atoms with Gasteiger partial charge in [-0.1, -0.05) is 48.0 Å². The minimum atomic E-state index is -4.71. The van der Waals surface area contributed by atoms with Gasteiger partial charge >= 0.3 is 12.4 Å². The molecule has 0 spiro atoms. The summed E-state index contributed by atoms with van der Waals surface area (Å²) in [5.74, 6) is 0. The molecule has 0 aromatic heterocycles. The van der Waals surface area contributed by atoms with Crippen LogP contribution in [-0.2, 0) is 12.4 Å². The molecule has 28 heavy (non-hydrogen) atoms. The molecule has 0 aliphatic carbocycles. The average Bonchev–Trinajstić information content (AvgIpc) is 2.62. The van der Waals surface area contributed by atoms with Crippen molar-refractivity contribution in [2.24, 2.45) is 0 Å². The van der Waals surface area contributed by atoms with E-state index in [1.165, 1.54) is 42.5 Å². The highest BCUT2D eigenvalue weighted by Crippen LogP contribution is 2.48. The van der Waals surface area contributed by atoms with E-state index in [9.17, 15) is 26.3 Å². The van der Waals surface area contributed by atoms with Crippen LogP contribution in [0.25, 0.3) is 22.3 Å². The largest absolute Gasteiger partial charge is 0.417 e. The predicted molar refractivity (Wildman–Crippen MR) is 98.9 cm³/mol. The first-order valence-corrected chi connectivity index (χ1v) is 8.91. The number of alkyl halides is 6. The van der Waals surface area contributed by atoms with E-state index in [0.29, 0.717) is 0 Å². The van der Waals surface area contributed by atoms with Gasteiger partial charge < -0.3 is 0 Å². The molecule has 0 heterocycles. The fraction of sp³-hybridized carbons (Fsp3) is 0.100. The van der Waals surface area contributed by atoms with Gasteiger partial charge in [-0.25, -0.2) is 0 Å². The fourth-order valence-corrected chi connectivity index (χ4v) is 3.58. The van der Waals surface area contributed by atoms with Crippen molar-refractivity contribution in [3.63, 3.8) is 0 Å². The molecule has 3 aromatic rings. The molecule has 0 saturated heterocycles. The summed E-state index contributed by atoms with van der Waals surface area (Å²) in [7, 11) is 0. The monoisotopic (exact) mass is 477 g/mol. The summed E-state index contributed by atoms with van der Waals surface area (Å²) < 4.78 is 81.1. The van der Waals surface area contributed by atoms with Gasteiger partial charge in [-0.15, -0.1) is 0 Å². The van der Waals surface area contributed by atoms with Crippen LogP contribution < -0.4 is 0 Å². The first-order chi connectivity index (χ1) is 13.0. The highest BCUT2D eigenvalue weighted by Gasteiger charge is 2.37. The molecule has 0 unspecified atom stereocenters. The third kappa shape index (κ3) is 3.91. The second kappa shape index (κ2) is 7.44. The topological polar surface area (TPSA) is 0 Å². The summed E-state index contributed by atoms with van der Waals surface area (Å²) in [4.78, 5) is 0. The van der Waals surface area contributed by atoms with Gasteiger partial charge in [0.15, 0.2) is 0 Å². The number of hydrogen-bond donors (Lipinski definition) is 0. The van der Waals surface area contributed by atoms with E-state index in [1.807, 2.05) is 0 Å². The zero-order valence-corrected chi connectivity index (χ0v) is 16.1. The minimum Gasteiger partial charge on any atom is -0.166 e. The maximum Gasteiger partial charge on any atom is 0.417 e. The van der Waals surface area contributed by atoms with Crippen LogP contribution >= 0.6 is 27.5 Å². The molecular weight excluding hydrogens is 470 g/mol. The first-order valence-electron chi connectivity index (χ1n) is 7.74. The van der Waals surface area contributed by atoms with E-state index in [1.54, 1.807) is 0 Å². The number of benzene rings is 3. The van der Waals surface area contributed by atoms with Gasteiger partial charge in [0.2, 0.25) is 0 Å². The Morgan fingerprint density at radius 2 is 1.18 bits per heavy atom. The molecular formula is C20H9BrClF6. The van der Waals surface area contributed by atoms with E-state index in [4.69, 9.17) is 11.6 Å². The molecule has 0 fully saturated rings. The second-order valence-electron chi connectivity index (χ2n) is 5.79. The van der Waals surface area contributed by atoms with Crippen molar-refractivity contribution in [2.45, 2.75) is 12.4 Å². The van der Waals surface area contributed by atoms with Gasteiger partial charge in [0.05, 0.1) is 16.1 Å². The van der Waals surface area contributed by atoms with Crippen LogP contribution in [0.2, 0.25) is 5.02 Å². The lowest BCUT2D eigenvalue weighted by Gasteiger charge is -2.20. The summed E-state index contributed by atoms with van der Waals surface area (Å²) in [5.41, 5.74) is -2.67. The van der Waals surface area contributed by atoms with Crippen LogP contribution in [0.3, 0.4) is 0 Å². The Hall–Kier alpha value is -1.99. The lowest BCUT2D eigenvalue weighted by Crippen LogP contribution is -2.09. The quantitative estimate of drug-likeness (QED) is 0.325. The maximum absolute atomic E-state index is 13.5. The Bertz CT molecular complexity index is 1020. The molecule has 0 aliphatic heterocycles. The fourth-order valence-electron chi connectivity index (χ4n) is 2.89. The van der Waals surface area contributed by atoms with Crippen LogP contribution in [0.15, 0.2) is 59.1 Å². The molecule has 0 aliphatic rings. The number of hydrogen-bond acceptors (Lipinski definition) is 0. The van der Waals surface area contributed by atoms with Crippen molar-refractivity contribution in [1.82, 2.24) is 0 Å². The Labute approximate surface area is 169 Å². The average molecular weight is 479 g/mol. The van der Waals surface area contributed by atoms with E-state index < -0.39 is 23.5 Å². The smallest absolute Gasteiger partial charge is 0.166 e. The standard InChI is InChI=1S/C20H9BrClF6/c21-18-16(22)10-9-12(11-5-1-3-7-14(11)19(23,24)25)17(18)13-6-2-4-8-15(13)20(26,27)28/h1-9H. The maximum atomic E-state index is 13.5. The van der Waals surface area contributed by atoms with Crippen LogP contribution in [-0.4, -0.2) is 0 Å². The summed E-state index contributed by atoms with van der Waals surface area (Å²) in [6.07, 6.45) is -9.40. The number of halogens is 8. The summed E-state index contributed by atoms with van der Waals surface area (Å²) >= 11 is 9.14. The predicted octanol–water partition coefficient (Wildman–Crippen LogP) is 8.27. The molecule has 8 heteroatoms. The third-order valence-corrected chi connectivity index (χ3v) is 5.37. The van der Waals surface area contributed by atoms with Gasteiger partial charge in [0.1, 0.15) is 0 Å². The normalized spacial score (nSPS) is 12.3. The van der Waals surface area contributed by atoms with Gasteiger partial charge in [0.25, 0.3) is 0 Å². The highest BCUT2D eigenvalue weighted by molar-refractivity contribution is 9.10. The summed E-state index contributed by atoms with van der Waals surface area (Å²) in [6.45, 7) is 0. The van der Waals surface area contributed by atoms with Crippen molar-refractivity contribution < 1.29 is 26.3 Å². The first kappa shape index (κ1) is 20.7. The molecule has 0 nitrogen and oxygen atoms in total. The molecule has 3 aromatic carbocycles. The van der Waals surface area contributed by atoms with E-state index in [2.05, 4.69) is 22.0 Å². The van der Waals surface area contributed by atoms with Crippen LogP contribution in [0.5, 0.6) is 0 Å². The Morgan fingerprint density at radius 1 is 0.714 bits per heavy atom. The van der Waals surface area contributed by atoms with E-state index >= 15 is 0 Å². The Balaban J connectivity index is 2.41. The zero-order chi connectivity index (χ0) is 20.7. The van der Waals surface area contributed by atoms with Crippen LogP contribution in [0.1, 0.15) is 11.1 Å². The van der Waals surface area contributed by atoms with Gasteiger partial charge in [-0.2, -0.15) is 26.3 Å². The van der Waals surface area contributed by atoms with Gasteiger partial charge in [0, 0.05) is 16.1 Å². The van der Waals surface area contributed by atoms with Crippen LogP contribution in [0, 0.1) is 6.07 Å². The number of rotatable bonds is 2. The van der Waals surface area contributed by atoms with E-state index in [0.717, 1.165) is 12.1 Å². The Morgan fingerprint density at radius 3 is 1.71 bits per heavy atom. The molecule has 0 saturated carbocycles. The lowest BCUT2D eigenvalue weighted by atomic mass is 9.89. The van der Waals surface area contributed by atoms with Crippen molar-refractivity contribution in [3.8, 4) is 22.3 Å². The van der Waals surface area contributed by atoms with Crippen molar-refractivity contribution in [2.75, 3.05) is 0 Å². The van der Waals surface area contributed by atoms with Gasteiger partial charge in [-0.3, -0.25) is 0 Å². The highest BCUT2D eigenvalue weighted by atomic mass is 79.9.